The topological polar surface area (TPSA) is 83.6 Å². The van der Waals surface area contributed by atoms with Crippen LogP contribution in [-0.2, 0) is 4.79 Å². The van der Waals surface area contributed by atoms with E-state index in [0.29, 0.717) is 18.9 Å². The molecule has 98 valence electrons. The summed E-state index contributed by atoms with van der Waals surface area (Å²) in [5.74, 6) is -0.890. The molecule has 1 aromatic heterocycles. The molecular formula is C12H16N2O4. The minimum Gasteiger partial charge on any atom is -0.480 e. The fraction of sp³-hybridized carbons (Fsp3) is 0.583. The van der Waals surface area contributed by atoms with E-state index in [1.54, 1.807) is 6.07 Å². The second-order valence-corrected chi connectivity index (χ2v) is 4.51. The molecule has 1 N–H and O–H groups in total. The van der Waals surface area contributed by atoms with Crippen LogP contribution in [-0.4, -0.2) is 40.1 Å². The molecule has 0 aliphatic heterocycles. The minimum atomic E-state index is -1.03. The number of aliphatic carboxylic acids is 1. The zero-order chi connectivity index (χ0) is 13.1. The van der Waals surface area contributed by atoms with E-state index < -0.39 is 11.9 Å². The standard InChI is InChI=1S/C12H16N2O4/c1-2-5-14(7-11(15)16)12(17)10-6-9(13-18-10)8-3-4-8/h6,8H,2-5,7H2,1H3,(H,15,16). The highest BCUT2D eigenvalue weighted by Gasteiger charge is 2.29. The van der Waals surface area contributed by atoms with E-state index in [-0.39, 0.29) is 12.3 Å². The summed E-state index contributed by atoms with van der Waals surface area (Å²) in [4.78, 5) is 24.0. The third-order valence-corrected chi connectivity index (χ3v) is 2.84. The van der Waals surface area contributed by atoms with Crippen molar-refractivity contribution in [2.24, 2.45) is 0 Å². The lowest BCUT2D eigenvalue weighted by Crippen LogP contribution is -2.36. The first-order valence-electron chi connectivity index (χ1n) is 6.09. The van der Waals surface area contributed by atoms with Gasteiger partial charge < -0.3 is 14.5 Å². The number of carbonyl (C=O) groups excluding carboxylic acids is 1. The van der Waals surface area contributed by atoms with Crippen LogP contribution in [0.3, 0.4) is 0 Å². The third kappa shape index (κ3) is 2.88. The quantitative estimate of drug-likeness (QED) is 0.829. The molecule has 18 heavy (non-hydrogen) atoms. The fourth-order valence-corrected chi connectivity index (χ4v) is 1.80. The highest BCUT2D eigenvalue weighted by molar-refractivity contribution is 5.93. The van der Waals surface area contributed by atoms with Gasteiger partial charge in [0, 0.05) is 18.5 Å². The molecule has 1 amide bonds. The van der Waals surface area contributed by atoms with Gasteiger partial charge in [0.1, 0.15) is 6.54 Å². The normalized spacial score (nSPS) is 14.5. The van der Waals surface area contributed by atoms with E-state index in [1.165, 1.54) is 4.90 Å². The van der Waals surface area contributed by atoms with Gasteiger partial charge in [0.05, 0.1) is 5.69 Å². The summed E-state index contributed by atoms with van der Waals surface area (Å²) in [5, 5.41) is 12.6. The Morgan fingerprint density at radius 1 is 1.56 bits per heavy atom. The molecule has 1 heterocycles. The first-order chi connectivity index (χ1) is 8.61. The number of carboxylic acid groups (broad SMARTS) is 1. The lowest BCUT2D eigenvalue weighted by Gasteiger charge is -2.17. The number of aromatic nitrogens is 1. The molecule has 0 saturated heterocycles. The maximum absolute atomic E-state index is 12.1. The fourth-order valence-electron chi connectivity index (χ4n) is 1.80. The summed E-state index contributed by atoms with van der Waals surface area (Å²) in [6.07, 6.45) is 2.85. The summed E-state index contributed by atoms with van der Waals surface area (Å²) in [6.45, 7) is 1.97. The van der Waals surface area contributed by atoms with Crippen LogP contribution in [0.4, 0.5) is 0 Å². The van der Waals surface area contributed by atoms with Crippen LogP contribution in [0.25, 0.3) is 0 Å². The number of amides is 1. The van der Waals surface area contributed by atoms with Gasteiger partial charge >= 0.3 is 5.97 Å². The smallest absolute Gasteiger partial charge is 0.323 e. The molecule has 1 saturated carbocycles. The second kappa shape index (κ2) is 5.20. The molecule has 0 spiro atoms. The zero-order valence-corrected chi connectivity index (χ0v) is 10.3. The Kier molecular flexibility index (Phi) is 3.64. The van der Waals surface area contributed by atoms with Crippen LogP contribution in [0.15, 0.2) is 10.6 Å². The summed E-state index contributed by atoms with van der Waals surface area (Å²) in [6, 6.07) is 1.63. The van der Waals surface area contributed by atoms with E-state index in [4.69, 9.17) is 9.63 Å². The van der Waals surface area contributed by atoms with Crippen LogP contribution in [0.1, 0.15) is 48.4 Å². The average molecular weight is 252 g/mol. The van der Waals surface area contributed by atoms with Gasteiger partial charge in [-0.3, -0.25) is 9.59 Å². The van der Waals surface area contributed by atoms with Crippen molar-refractivity contribution in [3.63, 3.8) is 0 Å². The summed E-state index contributed by atoms with van der Waals surface area (Å²) < 4.78 is 5.00. The molecule has 1 aliphatic carbocycles. The van der Waals surface area contributed by atoms with Crippen molar-refractivity contribution < 1.29 is 19.2 Å². The van der Waals surface area contributed by atoms with Gasteiger partial charge in [-0.15, -0.1) is 0 Å². The average Bonchev–Trinajstić information content (AvgIpc) is 3.05. The number of nitrogens with zero attached hydrogens (tertiary/aromatic N) is 2. The number of carbonyl (C=O) groups is 2. The molecule has 2 rings (SSSR count). The third-order valence-electron chi connectivity index (χ3n) is 2.84. The van der Waals surface area contributed by atoms with Crippen molar-refractivity contribution >= 4 is 11.9 Å². The van der Waals surface area contributed by atoms with Crippen molar-refractivity contribution in [3.05, 3.63) is 17.5 Å². The van der Waals surface area contributed by atoms with Crippen molar-refractivity contribution in [2.75, 3.05) is 13.1 Å². The van der Waals surface area contributed by atoms with Gasteiger partial charge in [0.15, 0.2) is 0 Å². The molecule has 1 aliphatic rings. The van der Waals surface area contributed by atoms with Crippen molar-refractivity contribution in [1.29, 1.82) is 0 Å². The van der Waals surface area contributed by atoms with E-state index in [0.717, 1.165) is 18.5 Å². The lowest BCUT2D eigenvalue weighted by atomic mass is 10.2. The van der Waals surface area contributed by atoms with E-state index in [9.17, 15) is 9.59 Å². The molecular weight excluding hydrogens is 236 g/mol. The zero-order valence-electron chi connectivity index (χ0n) is 10.3. The molecule has 1 aromatic rings. The van der Waals surface area contributed by atoms with Crippen molar-refractivity contribution in [3.8, 4) is 0 Å². The Balaban J connectivity index is 2.07. The largest absolute Gasteiger partial charge is 0.480 e. The Morgan fingerprint density at radius 3 is 2.83 bits per heavy atom. The summed E-state index contributed by atoms with van der Waals surface area (Å²) >= 11 is 0. The Labute approximate surface area is 105 Å². The SMILES string of the molecule is CCCN(CC(=O)O)C(=O)c1cc(C2CC2)no1. The summed E-state index contributed by atoms with van der Waals surface area (Å²) in [7, 11) is 0. The lowest BCUT2D eigenvalue weighted by molar-refractivity contribution is -0.137. The number of hydrogen-bond acceptors (Lipinski definition) is 4. The van der Waals surface area contributed by atoms with E-state index >= 15 is 0 Å². The maximum Gasteiger partial charge on any atom is 0.323 e. The van der Waals surface area contributed by atoms with Gasteiger partial charge in [-0.25, -0.2) is 0 Å². The first kappa shape index (κ1) is 12.6. The number of hydrogen-bond donors (Lipinski definition) is 1. The molecule has 0 radical (unpaired) electrons. The Bertz CT molecular complexity index is 451. The van der Waals surface area contributed by atoms with Gasteiger partial charge in [0.25, 0.3) is 5.91 Å². The van der Waals surface area contributed by atoms with Gasteiger partial charge in [-0.1, -0.05) is 12.1 Å². The van der Waals surface area contributed by atoms with Crippen LogP contribution in [0.2, 0.25) is 0 Å². The van der Waals surface area contributed by atoms with Gasteiger partial charge in [0.2, 0.25) is 5.76 Å². The van der Waals surface area contributed by atoms with Crippen LogP contribution < -0.4 is 0 Å². The molecule has 6 heteroatoms. The Hall–Kier alpha value is -1.85. The second-order valence-electron chi connectivity index (χ2n) is 4.51. The highest BCUT2D eigenvalue weighted by atomic mass is 16.5. The predicted molar refractivity (Wildman–Crippen MR) is 62.3 cm³/mol. The van der Waals surface area contributed by atoms with Crippen molar-refractivity contribution in [1.82, 2.24) is 10.1 Å². The summed E-state index contributed by atoms with van der Waals surface area (Å²) in [5.41, 5.74) is 0.796. The monoisotopic (exact) mass is 252 g/mol. The predicted octanol–water partition coefficient (Wildman–Crippen LogP) is 1.49. The van der Waals surface area contributed by atoms with E-state index in [2.05, 4.69) is 5.16 Å². The van der Waals surface area contributed by atoms with Crippen LogP contribution >= 0.6 is 0 Å². The number of carboxylic acids is 1. The number of rotatable bonds is 6. The van der Waals surface area contributed by atoms with Crippen LogP contribution in [0.5, 0.6) is 0 Å². The highest BCUT2D eigenvalue weighted by Crippen LogP contribution is 2.39. The van der Waals surface area contributed by atoms with Gasteiger partial charge in [-0.2, -0.15) is 0 Å². The van der Waals surface area contributed by atoms with Crippen molar-refractivity contribution in [2.45, 2.75) is 32.1 Å². The molecule has 0 bridgehead atoms. The molecule has 1 fully saturated rings. The molecule has 6 nitrogen and oxygen atoms in total. The minimum absolute atomic E-state index is 0.131. The molecule has 0 unspecified atom stereocenters. The van der Waals surface area contributed by atoms with Crippen LogP contribution in [0, 0.1) is 0 Å². The van der Waals surface area contributed by atoms with E-state index in [1.807, 2.05) is 6.92 Å². The van der Waals surface area contributed by atoms with Gasteiger partial charge in [-0.05, 0) is 19.3 Å². The first-order valence-corrected chi connectivity index (χ1v) is 6.09. The Morgan fingerprint density at radius 2 is 2.28 bits per heavy atom. The molecule has 0 atom stereocenters. The maximum atomic E-state index is 12.1. The molecule has 0 aromatic carbocycles.